The lowest BCUT2D eigenvalue weighted by Gasteiger charge is -2.29. The standard InChI is InChI=1S/C19H26N2O3/c1-24-18(22)10-12-20-11-6-5-9-16-13-21(14-17(16)20)19(23)15-7-3-2-4-8-15/h2-4,7-8,16-17H,5-6,9-14H2,1H3/t16-,17+/m0/s1. The Morgan fingerprint density at radius 2 is 1.96 bits per heavy atom. The molecule has 130 valence electrons. The van der Waals surface area contributed by atoms with Crippen LogP contribution in [0.3, 0.4) is 0 Å². The summed E-state index contributed by atoms with van der Waals surface area (Å²) < 4.78 is 4.77. The van der Waals surface area contributed by atoms with Crippen molar-refractivity contribution in [1.82, 2.24) is 9.80 Å². The average Bonchev–Trinajstić information content (AvgIpc) is 2.96. The number of carbonyl (C=O) groups excluding carboxylic acids is 2. The number of nitrogens with zero attached hydrogens (tertiary/aromatic N) is 2. The Balaban J connectivity index is 1.67. The number of hydrogen-bond donors (Lipinski definition) is 0. The molecule has 2 saturated heterocycles. The van der Waals surface area contributed by atoms with Gasteiger partial charge in [0.1, 0.15) is 0 Å². The van der Waals surface area contributed by atoms with Crippen LogP contribution in [0.4, 0.5) is 0 Å². The number of likely N-dealkylation sites (tertiary alicyclic amines) is 2. The quantitative estimate of drug-likeness (QED) is 0.794. The average molecular weight is 330 g/mol. The summed E-state index contributed by atoms with van der Waals surface area (Å²) in [6.07, 6.45) is 3.95. The third-order valence-electron chi connectivity index (χ3n) is 5.28. The Hall–Kier alpha value is -1.88. The number of esters is 1. The maximum atomic E-state index is 12.7. The minimum atomic E-state index is -0.161. The van der Waals surface area contributed by atoms with Gasteiger partial charge in [-0.3, -0.25) is 14.5 Å². The van der Waals surface area contributed by atoms with Crippen LogP contribution < -0.4 is 0 Å². The highest BCUT2D eigenvalue weighted by Crippen LogP contribution is 2.30. The number of ether oxygens (including phenoxy) is 1. The van der Waals surface area contributed by atoms with Crippen LogP contribution in [0.2, 0.25) is 0 Å². The molecule has 1 amide bonds. The number of hydrogen-bond acceptors (Lipinski definition) is 4. The van der Waals surface area contributed by atoms with Crippen molar-refractivity contribution >= 4 is 11.9 Å². The molecule has 3 rings (SSSR count). The minimum Gasteiger partial charge on any atom is -0.469 e. The van der Waals surface area contributed by atoms with Crippen LogP contribution in [0.1, 0.15) is 36.0 Å². The van der Waals surface area contributed by atoms with Gasteiger partial charge in [-0.05, 0) is 37.4 Å². The van der Waals surface area contributed by atoms with Crippen LogP contribution in [-0.2, 0) is 9.53 Å². The molecule has 2 aliphatic rings. The second-order valence-electron chi connectivity index (χ2n) is 6.76. The molecule has 1 aromatic carbocycles. The SMILES string of the molecule is COC(=O)CCN1CCCC[C@H]2CN(C(=O)c3ccccc3)C[C@H]21. The summed E-state index contributed by atoms with van der Waals surface area (Å²) in [5.74, 6) is 0.473. The number of benzene rings is 1. The van der Waals surface area contributed by atoms with E-state index in [1.807, 2.05) is 35.2 Å². The molecule has 0 aliphatic carbocycles. The molecule has 0 bridgehead atoms. The first-order valence-corrected chi connectivity index (χ1v) is 8.84. The van der Waals surface area contributed by atoms with Crippen molar-refractivity contribution in [3.8, 4) is 0 Å². The van der Waals surface area contributed by atoms with E-state index >= 15 is 0 Å². The van der Waals surface area contributed by atoms with Gasteiger partial charge in [0.25, 0.3) is 5.91 Å². The molecule has 1 aromatic rings. The second kappa shape index (κ2) is 7.79. The summed E-state index contributed by atoms with van der Waals surface area (Å²) in [5, 5.41) is 0. The van der Waals surface area contributed by atoms with Crippen molar-refractivity contribution in [3.63, 3.8) is 0 Å². The number of methoxy groups -OCH3 is 1. The lowest BCUT2D eigenvalue weighted by atomic mass is 9.98. The first-order chi connectivity index (χ1) is 11.7. The lowest BCUT2D eigenvalue weighted by molar-refractivity contribution is -0.141. The molecule has 0 spiro atoms. The number of carbonyl (C=O) groups is 2. The zero-order chi connectivity index (χ0) is 16.9. The summed E-state index contributed by atoms with van der Waals surface area (Å²) in [4.78, 5) is 28.6. The fraction of sp³-hybridized carbons (Fsp3) is 0.579. The molecule has 0 aromatic heterocycles. The third kappa shape index (κ3) is 3.78. The van der Waals surface area contributed by atoms with Gasteiger partial charge in [0, 0.05) is 31.2 Å². The van der Waals surface area contributed by atoms with E-state index in [9.17, 15) is 9.59 Å². The van der Waals surface area contributed by atoms with Gasteiger partial charge < -0.3 is 9.64 Å². The fourth-order valence-electron chi connectivity index (χ4n) is 3.98. The minimum absolute atomic E-state index is 0.122. The van der Waals surface area contributed by atoms with Crippen molar-refractivity contribution in [3.05, 3.63) is 35.9 Å². The van der Waals surface area contributed by atoms with E-state index in [1.165, 1.54) is 20.0 Å². The van der Waals surface area contributed by atoms with E-state index in [4.69, 9.17) is 4.74 Å². The highest BCUT2D eigenvalue weighted by atomic mass is 16.5. The largest absolute Gasteiger partial charge is 0.469 e. The topological polar surface area (TPSA) is 49.9 Å². The summed E-state index contributed by atoms with van der Waals surface area (Å²) in [6, 6.07) is 9.87. The predicted molar refractivity (Wildman–Crippen MR) is 91.7 cm³/mol. The maximum absolute atomic E-state index is 12.7. The Kier molecular flexibility index (Phi) is 5.51. The summed E-state index contributed by atoms with van der Waals surface area (Å²) in [6.45, 7) is 3.32. The van der Waals surface area contributed by atoms with Crippen LogP contribution in [0.5, 0.6) is 0 Å². The number of amides is 1. The van der Waals surface area contributed by atoms with Gasteiger partial charge in [-0.25, -0.2) is 0 Å². The predicted octanol–water partition coefficient (Wildman–Crippen LogP) is 2.18. The van der Waals surface area contributed by atoms with Gasteiger partial charge >= 0.3 is 5.97 Å². The van der Waals surface area contributed by atoms with Gasteiger partial charge in [0.2, 0.25) is 0 Å². The van der Waals surface area contributed by atoms with E-state index in [1.54, 1.807) is 0 Å². The first kappa shape index (κ1) is 17.0. The summed E-state index contributed by atoms with van der Waals surface area (Å²) in [5.41, 5.74) is 0.759. The van der Waals surface area contributed by atoms with E-state index in [0.717, 1.165) is 38.2 Å². The van der Waals surface area contributed by atoms with E-state index in [0.29, 0.717) is 18.4 Å². The molecule has 5 nitrogen and oxygen atoms in total. The van der Waals surface area contributed by atoms with E-state index in [2.05, 4.69) is 4.90 Å². The third-order valence-corrected chi connectivity index (χ3v) is 5.28. The Bertz CT molecular complexity index is 575. The first-order valence-electron chi connectivity index (χ1n) is 8.84. The normalized spacial score (nSPS) is 24.3. The Morgan fingerprint density at radius 1 is 1.17 bits per heavy atom. The van der Waals surface area contributed by atoms with Crippen molar-refractivity contribution in [1.29, 1.82) is 0 Å². The van der Waals surface area contributed by atoms with Gasteiger partial charge in [-0.2, -0.15) is 0 Å². The van der Waals surface area contributed by atoms with Crippen molar-refractivity contribution < 1.29 is 14.3 Å². The van der Waals surface area contributed by atoms with Gasteiger partial charge in [-0.1, -0.05) is 24.6 Å². The van der Waals surface area contributed by atoms with Crippen LogP contribution in [0, 0.1) is 5.92 Å². The maximum Gasteiger partial charge on any atom is 0.306 e. The molecule has 0 saturated carbocycles. The molecule has 0 unspecified atom stereocenters. The highest BCUT2D eigenvalue weighted by molar-refractivity contribution is 5.94. The molecule has 24 heavy (non-hydrogen) atoms. The number of fused-ring (bicyclic) bond motifs is 1. The smallest absolute Gasteiger partial charge is 0.306 e. The van der Waals surface area contributed by atoms with Crippen LogP contribution >= 0.6 is 0 Å². The van der Waals surface area contributed by atoms with Gasteiger partial charge in [-0.15, -0.1) is 0 Å². The Morgan fingerprint density at radius 3 is 2.71 bits per heavy atom. The van der Waals surface area contributed by atoms with Crippen LogP contribution in [-0.4, -0.2) is 61.0 Å². The molecule has 5 heteroatoms. The van der Waals surface area contributed by atoms with Crippen molar-refractivity contribution in [2.45, 2.75) is 31.7 Å². The number of rotatable bonds is 4. The summed E-state index contributed by atoms with van der Waals surface area (Å²) >= 11 is 0. The molecule has 0 N–H and O–H groups in total. The fourth-order valence-corrected chi connectivity index (χ4v) is 3.98. The zero-order valence-electron chi connectivity index (χ0n) is 14.3. The molecule has 2 heterocycles. The van der Waals surface area contributed by atoms with Crippen LogP contribution in [0.25, 0.3) is 0 Å². The summed E-state index contributed by atoms with van der Waals surface area (Å²) in [7, 11) is 1.43. The Labute approximate surface area is 143 Å². The van der Waals surface area contributed by atoms with Crippen LogP contribution in [0.15, 0.2) is 30.3 Å². The van der Waals surface area contributed by atoms with Gasteiger partial charge in [0.05, 0.1) is 13.5 Å². The lowest BCUT2D eigenvalue weighted by Crippen LogP contribution is -2.42. The van der Waals surface area contributed by atoms with E-state index < -0.39 is 0 Å². The zero-order valence-corrected chi connectivity index (χ0v) is 14.3. The molecular formula is C19H26N2O3. The molecule has 2 atom stereocenters. The molecular weight excluding hydrogens is 304 g/mol. The molecule has 0 radical (unpaired) electrons. The second-order valence-corrected chi connectivity index (χ2v) is 6.76. The van der Waals surface area contributed by atoms with Crippen molar-refractivity contribution in [2.24, 2.45) is 5.92 Å². The highest BCUT2D eigenvalue weighted by Gasteiger charge is 2.39. The van der Waals surface area contributed by atoms with Gasteiger partial charge in [0.15, 0.2) is 0 Å². The molecule has 2 aliphatic heterocycles. The molecule has 2 fully saturated rings. The van der Waals surface area contributed by atoms with Crippen molar-refractivity contribution in [2.75, 3.05) is 33.3 Å². The van der Waals surface area contributed by atoms with E-state index in [-0.39, 0.29) is 11.9 Å². The monoisotopic (exact) mass is 330 g/mol.